The van der Waals surface area contributed by atoms with Gasteiger partial charge in [-0.25, -0.2) is 0 Å². The molecule has 1 unspecified atom stereocenters. The molecule has 0 radical (unpaired) electrons. The molecule has 30 heavy (non-hydrogen) atoms. The first-order chi connectivity index (χ1) is 14.4. The number of rotatable bonds is 3. The van der Waals surface area contributed by atoms with Crippen molar-refractivity contribution in [2.45, 2.75) is 43.2 Å². The number of hydrogen-bond donors (Lipinski definition) is 1. The number of nitrogens with two attached hydrogens (primary N) is 1. The standard InChI is InChI=1S/C23H22ClN3OS2/c1-12-10-14(23(29-3)30-12)20-15(11-25)22(26)27(17-7-4-6-16(24)13(17)2)18-8-5-9-19(28)21(18)20/h4,6-7,10,20H,5,8-9,26H2,1-3H3. The molecule has 4 nitrogen and oxygen atoms in total. The summed E-state index contributed by atoms with van der Waals surface area (Å²) in [6.45, 7) is 3.98. The summed E-state index contributed by atoms with van der Waals surface area (Å²) in [5.41, 5.74) is 11.4. The largest absolute Gasteiger partial charge is 0.384 e. The highest BCUT2D eigenvalue weighted by atomic mass is 35.5. The van der Waals surface area contributed by atoms with Crippen molar-refractivity contribution in [1.29, 1.82) is 5.26 Å². The minimum atomic E-state index is -0.416. The topological polar surface area (TPSA) is 70.1 Å². The smallest absolute Gasteiger partial charge is 0.161 e. The first-order valence-electron chi connectivity index (χ1n) is 9.74. The van der Waals surface area contributed by atoms with Gasteiger partial charge in [0, 0.05) is 27.6 Å². The fourth-order valence-corrected chi connectivity index (χ4v) is 6.47. The van der Waals surface area contributed by atoms with E-state index in [1.165, 1.54) is 0 Å². The van der Waals surface area contributed by atoms with Crippen LogP contribution in [-0.4, -0.2) is 12.0 Å². The van der Waals surface area contributed by atoms with E-state index in [9.17, 15) is 10.1 Å². The molecule has 0 saturated heterocycles. The summed E-state index contributed by atoms with van der Waals surface area (Å²) >= 11 is 9.72. The highest BCUT2D eigenvalue weighted by Gasteiger charge is 2.41. The predicted octanol–water partition coefficient (Wildman–Crippen LogP) is 6.05. The number of nitrogens with zero attached hydrogens (tertiary/aromatic N) is 2. The number of anilines is 1. The number of halogens is 1. The molecule has 154 valence electrons. The van der Waals surface area contributed by atoms with Crippen molar-refractivity contribution in [3.63, 3.8) is 0 Å². The van der Waals surface area contributed by atoms with Gasteiger partial charge in [-0.05, 0) is 62.3 Å². The number of Topliss-reactive ketones (excluding diaryl/α,β-unsaturated/α-hetero) is 1. The first-order valence-corrected chi connectivity index (χ1v) is 12.2. The van der Waals surface area contributed by atoms with Gasteiger partial charge in [0.2, 0.25) is 0 Å². The van der Waals surface area contributed by atoms with Crippen LogP contribution in [0.3, 0.4) is 0 Å². The maximum atomic E-state index is 13.2. The van der Waals surface area contributed by atoms with Gasteiger partial charge in [0.15, 0.2) is 5.78 Å². The van der Waals surface area contributed by atoms with Crippen LogP contribution < -0.4 is 10.6 Å². The summed E-state index contributed by atoms with van der Waals surface area (Å²) in [5, 5.41) is 10.8. The molecule has 2 N–H and O–H groups in total. The van der Waals surface area contributed by atoms with Gasteiger partial charge in [-0.1, -0.05) is 17.7 Å². The molecule has 2 aromatic rings. The lowest BCUT2D eigenvalue weighted by molar-refractivity contribution is -0.116. The minimum Gasteiger partial charge on any atom is -0.384 e. The normalized spacial score (nSPS) is 19.2. The lowest BCUT2D eigenvalue weighted by Crippen LogP contribution is -2.39. The highest BCUT2D eigenvalue weighted by molar-refractivity contribution is 8.00. The average molecular weight is 456 g/mol. The molecule has 0 amide bonds. The van der Waals surface area contributed by atoms with E-state index in [0.29, 0.717) is 28.4 Å². The third-order valence-corrected chi connectivity index (χ3v) is 8.36. The second-order valence-corrected chi connectivity index (χ2v) is 10.2. The Labute approximate surface area is 190 Å². The molecular formula is C23H22ClN3OS2. The van der Waals surface area contributed by atoms with Gasteiger partial charge >= 0.3 is 0 Å². The Balaban J connectivity index is 2.02. The van der Waals surface area contributed by atoms with Gasteiger partial charge < -0.3 is 5.73 Å². The van der Waals surface area contributed by atoms with Gasteiger partial charge in [0.1, 0.15) is 5.82 Å². The lowest BCUT2D eigenvalue weighted by Gasteiger charge is -2.40. The summed E-state index contributed by atoms with van der Waals surface area (Å²) in [6, 6.07) is 10.1. The van der Waals surface area contributed by atoms with Crippen LogP contribution in [0.4, 0.5) is 5.69 Å². The molecule has 1 aliphatic heterocycles. The second kappa shape index (κ2) is 8.14. The Kier molecular flexibility index (Phi) is 5.71. The Morgan fingerprint density at radius 2 is 2.10 bits per heavy atom. The van der Waals surface area contributed by atoms with Gasteiger partial charge in [-0.2, -0.15) is 5.26 Å². The van der Waals surface area contributed by atoms with Crippen LogP contribution >= 0.6 is 34.7 Å². The van der Waals surface area contributed by atoms with Crippen molar-refractivity contribution in [3.8, 4) is 6.07 Å². The highest BCUT2D eigenvalue weighted by Crippen LogP contribution is 2.50. The number of benzene rings is 1. The number of aryl methyl sites for hydroxylation is 1. The van der Waals surface area contributed by atoms with E-state index in [2.05, 4.69) is 19.1 Å². The zero-order valence-electron chi connectivity index (χ0n) is 17.1. The van der Waals surface area contributed by atoms with Gasteiger partial charge in [0.25, 0.3) is 0 Å². The average Bonchev–Trinajstić information content (AvgIpc) is 3.10. The molecule has 1 aromatic carbocycles. The first kappa shape index (κ1) is 21.0. The Bertz CT molecular complexity index is 1160. The number of hydrogen-bond acceptors (Lipinski definition) is 6. The molecule has 2 aliphatic rings. The van der Waals surface area contributed by atoms with Crippen molar-refractivity contribution in [2.75, 3.05) is 11.2 Å². The number of carbonyl (C=O) groups is 1. The number of thioether (sulfide) groups is 1. The number of thiophene rings is 1. The molecule has 1 aliphatic carbocycles. The van der Waals surface area contributed by atoms with Crippen LogP contribution in [0.5, 0.6) is 0 Å². The summed E-state index contributed by atoms with van der Waals surface area (Å²) in [4.78, 5) is 16.3. The number of carbonyl (C=O) groups excluding carboxylic acids is 1. The molecule has 0 spiro atoms. The number of allylic oxidation sites excluding steroid dienone is 3. The monoisotopic (exact) mass is 455 g/mol. The third-order valence-electron chi connectivity index (χ3n) is 5.74. The molecular weight excluding hydrogens is 434 g/mol. The molecule has 1 aromatic heterocycles. The third kappa shape index (κ3) is 3.26. The SMILES string of the molecule is CSc1sc(C)cc1C1C(C#N)=C(N)N(c2cccc(Cl)c2C)C2=C1C(=O)CCC2. The van der Waals surface area contributed by atoms with E-state index >= 15 is 0 Å². The molecule has 0 fully saturated rings. The predicted molar refractivity (Wildman–Crippen MR) is 125 cm³/mol. The minimum absolute atomic E-state index is 0.0992. The fraction of sp³-hybridized carbons (Fsp3) is 0.304. The van der Waals surface area contributed by atoms with Crippen molar-refractivity contribution in [2.24, 2.45) is 5.73 Å². The van der Waals surface area contributed by atoms with Gasteiger partial charge in [0.05, 0.1) is 27.5 Å². The zero-order chi connectivity index (χ0) is 21.6. The molecule has 2 heterocycles. The van der Waals surface area contributed by atoms with Crippen LogP contribution in [0.15, 0.2) is 51.1 Å². The molecule has 4 rings (SSSR count). The van der Waals surface area contributed by atoms with Crippen LogP contribution in [0.2, 0.25) is 5.02 Å². The molecule has 1 atom stereocenters. The van der Waals surface area contributed by atoms with Crippen LogP contribution in [0, 0.1) is 25.2 Å². The number of ketones is 1. The molecule has 7 heteroatoms. The van der Waals surface area contributed by atoms with Crippen molar-refractivity contribution in [3.05, 3.63) is 68.0 Å². The van der Waals surface area contributed by atoms with E-state index in [0.717, 1.165) is 44.4 Å². The van der Waals surface area contributed by atoms with E-state index in [1.54, 1.807) is 23.1 Å². The fourth-order valence-electron chi connectivity index (χ4n) is 4.38. The van der Waals surface area contributed by atoms with Gasteiger partial charge in [-0.15, -0.1) is 23.1 Å². The Morgan fingerprint density at radius 3 is 2.80 bits per heavy atom. The van der Waals surface area contributed by atoms with E-state index in [-0.39, 0.29) is 5.78 Å². The van der Waals surface area contributed by atoms with Crippen LogP contribution in [-0.2, 0) is 4.79 Å². The summed E-state index contributed by atoms with van der Waals surface area (Å²) < 4.78 is 1.12. The van der Waals surface area contributed by atoms with E-state index in [4.69, 9.17) is 17.3 Å². The van der Waals surface area contributed by atoms with Gasteiger partial charge in [-0.3, -0.25) is 9.69 Å². The Morgan fingerprint density at radius 1 is 1.33 bits per heavy atom. The molecule has 0 bridgehead atoms. The summed E-state index contributed by atoms with van der Waals surface area (Å²) in [5.74, 6) is 0.0697. The summed E-state index contributed by atoms with van der Waals surface area (Å²) in [6.07, 6.45) is 4.03. The van der Waals surface area contributed by atoms with Crippen molar-refractivity contribution >= 4 is 46.2 Å². The van der Waals surface area contributed by atoms with E-state index < -0.39 is 5.92 Å². The number of nitriles is 1. The second-order valence-electron chi connectivity index (χ2n) is 7.50. The quantitative estimate of drug-likeness (QED) is 0.571. The lowest BCUT2D eigenvalue weighted by atomic mass is 9.76. The maximum absolute atomic E-state index is 13.2. The van der Waals surface area contributed by atoms with Crippen LogP contribution in [0.25, 0.3) is 0 Å². The zero-order valence-corrected chi connectivity index (χ0v) is 19.5. The summed E-state index contributed by atoms with van der Waals surface area (Å²) in [7, 11) is 0. The maximum Gasteiger partial charge on any atom is 0.161 e. The van der Waals surface area contributed by atoms with Crippen molar-refractivity contribution < 1.29 is 4.79 Å². The van der Waals surface area contributed by atoms with Crippen LogP contribution in [0.1, 0.15) is 41.2 Å². The molecule has 0 saturated carbocycles. The van der Waals surface area contributed by atoms with E-state index in [1.807, 2.05) is 36.3 Å². The Hall–Kier alpha value is -2.20. The van der Waals surface area contributed by atoms with Crippen molar-refractivity contribution in [1.82, 2.24) is 0 Å².